The van der Waals surface area contributed by atoms with Crippen LogP contribution in [0.1, 0.15) is 47.2 Å². The minimum absolute atomic E-state index is 0.00316. The highest BCUT2D eigenvalue weighted by molar-refractivity contribution is 5.97. The van der Waals surface area contributed by atoms with E-state index in [9.17, 15) is 4.79 Å². The number of likely N-dealkylation sites (tertiary alicyclic amines) is 1. The molecule has 0 unspecified atom stereocenters. The van der Waals surface area contributed by atoms with E-state index >= 15 is 0 Å². The lowest BCUT2D eigenvalue weighted by Crippen LogP contribution is -2.47. The van der Waals surface area contributed by atoms with Crippen molar-refractivity contribution in [1.29, 1.82) is 0 Å². The molecule has 1 aliphatic heterocycles. The average molecular weight is 293 g/mol. The lowest BCUT2D eigenvalue weighted by atomic mass is 9.79. The van der Waals surface area contributed by atoms with Crippen molar-refractivity contribution in [3.05, 3.63) is 22.6 Å². The molecule has 0 saturated carbocycles. The summed E-state index contributed by atoms with van der Waals surface area (Å²) in [6, 6.07) is 0. The maximum atomic E-state index is 12.7. The minimum atomic E-state index is -0.345. The summed E-state index contributed by atoms with van der Waals surface area (Å²) in [6.07, 6.45) is 1.37. The number of amides is 1. The first-order valence-electron chi connectivity index (χ1n) is 7.14. The highest BCUT2D eigenvalue weighted by Crippen LogP contribution is 2.32. The molecule has 0 bridgehead atoms. The smallest absolute Gasteiger partial charge is 0.257 e. The van der Waals surface area contributed by atoms with Crippen LogP contribution in [-0.2, 0) is 0 Å². The lowest BCUT2D eigenvalue weighted by molar-refractivity contribution is 0.0664. The van der Waals surface area contributed by atoms with Crippen LogP contribution in [-0.4, -0.2) is 34.9 Å². The van der Waals surface area contributed by atoms with Crippen LogP contribution in [0.4, 0.5) is 0 Å². The third kappa shape index (κ3) is 2.62. The molecular formula is C15H23N3O3. The van der Waals surface area contributed by atoms with Crippen molar-refractivity contribution in [2.75, 3.05) is 13.1 Å². The first kappa shape index (κ1) is 15.4. The third-order valence-electron chi connectivity index (χ3n) is 4.66. The molecule has 0 aliphatic carbocycles. The molecule has 6 heteroatoms. The molecule has 2 heterocycles. The van der Waals surface area contributed by atoms with E-state index in [1.165, 1.54) is 0 Å². The largest absolute Gasteiger partial charge is 0.466 e. The van der Waals surface area contributed by atoms with Crippen LogP contribution in [0.25, 0.3) is 0 Å². The second-order valence-electron chi connectivity index (χ2n) is 6.05. The van der Waals surface area contributed by atoms with E-state index < -0.39 is 0 Å². The fourth-order valence-corrected chi connectivity index (χ4v) is 2.85. The Hall–Kier alpha value is -1.98. The van der Waals surface area contributed by atoms with Crippen LogP contribution in [0.15, 0.2) is 9.57 Å². The highest BCUT2D eigenvalue weighted by Gasteiger charge is 2.36. The summed E-state index contributed by atoms with van der Waals surface area (Å²) in [5.74, 6) is 1.69. The van der Waals surface area contributed by atoms with Gasteiger partial charge < -0.3 is 20.3 Å². The zero-order valence-corrected chi connectivity index (χ0v) is 13.1. The van der Waals surface area contributed by atoms with E-state index in [0.29, 0.717) is 37.3 Å². The third-order valence-corrected chi connectivity index (χ3v) is 4.66. The van der Waals surface area contributed by atoms with Gasteiger partial charge in [-0.2, -0.15) is 0 Å². The highest BCUT2D eigenvalue weighted by atomic mass is 16.4. The van der Waals surface area contributed by atoms with E-state index in [0.717, 1.165) is 11.3 Å². The van der Waals surface area contributed by atoms with Gasteiger partial charge in [0, 0.05) is 24.1 Å². The standard InChI is InChI=1S/C15H23N3O3/c1-9-10(2)21-11(3)12(9)13(19)18-7-5-15(4,6-8-18)14(16)17-20/h20H,5-8H2,1-4H3,(H2,16,17). The van der Waals surface area contributed by atoms with E-state index in [-0.39, 0.29) is 17.2 Å². The van der Waals surface area contributed by atoms with Crippen molar-refractivity contribution >= 4 is 11.7 Å². The first-order valence-corrected chi connectivity index (χ1v) is 7.14. The SMILES string of the molecule is Cc1oc(C)c(C(=O)N2CCC(C)(C(N)=NO)CC2)c1C. The van der Waals surface area contributed by atoms with Gasteiger partial charge >= 0.3 is 0 Å². The molecule has 116 valence electrons. The summed E-state index contributed by atoms with van der Waals surface area (Å²) in [6.45, 7) is 8.73. The molecule has 1 fully saturated rings. The van der Waals surface area contributed by atoms with Crippen LogP contribution in [0.2, 0.25) is 0 Å². The predicted octanol–water partition coefficient (Wildman–Crippen LogP) is 2.19. The molecule has 21 heavy (non-hydrogen) atoms. The molecule has 1 aromatic rings. The number of aryl methyl sites for hydroxylation is 2. The first-order chi connectivity index (χ1) is 9.80. The Morgan fingerprint density at radius 1 is 1.29 bits per heavy atom. The van der Waals surface area contributed by atoms with Crippen molar-refractivity contribution in [1.82, 2.24) is 4.90 Å². The van der Waals surface area contributed by atoms with Gasteiger partial charge in [0.2, 0.25) is 0 Å². The number of furan rings is 1. The van der Waals surface area contributed by atoms with Crippen LogP contribution >= 0.6 is 0 Å². The fraction of sp³-hybridized carbons (Fsp3) is 0.600. The predicted molar refractivity (Wildman–Crippen MR) is 79.6 cm³/mol. The number of piperidine rings is 1. The summed E-state index contributed by atoms with van der Waals surface area (Å²) in [5.41, 5.74) is 6.97. The van der Waals surface area contributed by atoms with Gasteiger partial charge in [-0.15, -0.1) is 0 Å². The van der Waals surface area contributed by atoms with Gasteiger partial charge in [-0.25, -0.2) is 0 Å². The van der Waals surface area contributed by atoms with Crippen LogP contribution in [0.5, 0.6) is 0 Å². The molecule has 0 radical (unpaired) electrons. The minimum Gasteiger partial charge on any atom is -0.466 e. The van der Waals surface area contributed by atoms with E-state index in [1.54, 1.807) is 0 Å². The van der Waals surface area contributed by atoms with Crippen molar-refractivity contribution in [2.45, 2.75) is 40.5 Å². The molecule has 1 aromatic heterocycles. The Morgan fingerprint density at radius 3 is 2.29 bits per heavy atom. The average Bonchev–Trinajstić information content (AvgIpc) is 2.71. The Balaban J connectivity index is 2.14. The second kappa shape index (κ2) is 5.42. The number of oxime groups is 1. The van der Waals surface area contributed by atoms with Gasteiger partial charge in [-0.05, 0) is 33.6 Å². The number of amidine groups is 1. The number of hydrogen-bond acceptors (Lipinski definition) is 4. The van der Waals surface area contributed by atoms with E-state index in [2.05, 4.69) is 5.16 Å². The summed E-state index contributed by atoms with van der Waals surface area (Å²) < 4.78 is 5.53. The molecule has 3 N–H and O–H groups in total. The molecule has 1 aliphatic rings. The monoisotopic (exact) mass is 293 g/mol. The topological polar surface area (TPSA) is 92.1 Å². The summed E-state index contributed by atoms with van der Waals surface area (Å²) in [4.78, 5) is 14.5. The maximum Gasteiger partial charge on any atom is 0.257 e. The lowest BCUT2D eigenvalue weighted by Gasteiger charge is -2.38. The van der Waals surface area contributed by atoms with Crippen LogP contribution in [0, 0.1) is 26.2 Å². The Kier molecular flexibility index (Phi) is 3.98. The van der Waals surface area contributed by atoms with Gasteiger partial charge in [0.25, 0.3) is 5.91 Å². The van der Waals surface area contributed by atoms with Crippen LogP contribution in [0.3, 0.4) is 0 Å². The Labute approximate surface area is 124 Å². The number of hydrogen-bond donors (Lipinski definition) is 2. The quantitative estimate of drug-likeness (QED) is 0.378. The van der Waals surface area contributed by atoms with Crippen molar-refractivity contribution in [3.8, 4) is 0 Å². The normalized spacial score (nSPS) is 18.9. The molecule has 1 saturated heterocycles. The zero-order chi connectivity index (χ0) is 15.8. The fourth-order valence-electron chi connectivity index (χ4n) is 2.85. The van der Waals surface area contributed by atoms with Gasteiger partial charge in [0.1, 0.15) is 17.4 Å². The Morgan fingerprint density at radius 2 is 1.86 bits per heavy atom. The van der Waals surface area contributed by atoms with E-state index in [4.69, 9.17) is 15.4 Å². The molecule has 0 spiro atoms. The number of carbonyl (C=O) groups excluding carboxylic acids is 1. The number of rotatable bonds is 2. The maximum absolute atomic E-state index is 12.7. The molecule has 0 aromatic carbocycles. The molecule has 1 amide bonds. The molecule has 0 atom stereocenters. The summed E-state index contributed by atoms with van der Waals surface area (Å²) in [7, 11) is 0. The number of carbonyl (C=O) groups is 1. The number of nitrogens with zero attached hydrogens (tertiary/aromatic N) is 2. The van der Waals surface area contributed by atoms with Gasteiger partial charge in [-0.1, -0.05) is 12.1 Å². The zero-order valence-electron chi connectivity index (χ0n) is 13.1. The van der Waals surface area contributed by atoms with E-state index in [1.807, 2.05) is 32.6 Å². The number of nitrogens with two attached hydrogens (primary N) is 1. The van der Waals surface area contributed by atoms with Crippen molar-refractivity contribution in [3.63, 3.8) is 0 Å². The van der Waals surface area contributed by atoms with Gasteiger partial charge in [0.15, 0.2) is 0 Å². The van der Waals surface area contributed by atoms with Gasteiger partial charge in [-0.3, -0.25) is 4.79 Å². The molecular weight excluding hydrogens is 270 g/mol. The van der Waals surface area contributed by atoms with Crippen molar-refractivity contribution in [2.24, 2.45) is 16.3 Å². The second-order valence-corrected chi connectivity index (χ2v) is 6.05. The van der Waals surface area contributed by atoms with Crippen LogP contribution < -0.4 is 5.73 Å². The summed E-state index contributed by atoms with van der Waals surface area (Å²) >= 11 is 0. The molecule has 2 rings (SSSR count). The Bertz CT molecular complexity index is 581. The molecule has 6 nitrogen and oxygen atoms in total. The summed E-state index contributed by atoms with van der Waals surface area (Å²) in [5, 5.41) is 12.0. The van der Waals surface area contributed by atoms with Gasteiger partial charge in [0.05, 0.1) is 5.56 Å². The van der Waals surface area contributed by atoms with Crippen molar-refractivity contribution < 1.29 is 14.4 Å².